The van der Waals surface area contributed by atoms with Crippen molar-refractivity contribution in [3.8, 4) is 10.4 Å². The van der Waals surface area contributed by atoms with E-state index in [2.05, 4.69) is 4.98 Å². The molecule has 2 heterocycles. The van der Waals surface area contributed by atoms with E-state index in [1.54, 1.807) is 17.5 Å². The third-order valence-electron chi connectivity index (χ3n) is 1.85. The summed E-state index contributed by atoms with van der Waals surface area (Å²) < 4.78 is 12.9. The predicted octanol–water partition coefficient (Wildman–Crippen LogP) is 2.41. The zero-order valence-corrected chi connectivity index (χ0v) is 8.22. The molecule has 2 nitrogen and oxygen atoms in total. The molecule has 0 bridgehead atoms. The van der Waals surface area contributed by atoms with Gasteiger partial charge in [0.1, 0.15) is 5.82 Å². The molecule has 0 aliphatic rings. The second-order valence-electron chi connectivity index (χ2n) is 2.86. The Hall–Kier alpha value is -1.26. The molecule has 0 atom stereocenters. The Morgan fingerprint density at radius 1 is 1.36 bits per heavy atom. The van der Waals surface area contributed by atoms with Gasteiger partial charge >= 0.3 is 0 Å². The van der Waals surface area contributed by atoms with Crippen molar-refractivity contribution in [3.63, 3.8) is 0 Å². The lowest BCUT2D eigenvalue weighted by molar-refractivity contribution is 0.622. The molecule has 2 aromatic rings. The summed E-state index contributed by atoms with van der Waals surface area (Å²) >= 11 is 1.56. The fraction of sp³-hybridized carbons (Fsp3) is 0.100. The number of pyridine rings is 1. The van der Waals surface area contributed by atoms with E-state index in [-0.39, 0.29) is 5.82 Å². The minimum Gasteiger partial charge on any atom is -0.326 e. The van der Waals surface area contributed by atoms with Crippen molar-refractivity contribution in [2.24, 2.45) is 5.73 Å². The maximum absolute atomic E-state index is 12.9. The van der Waals surface area contributed by atoms with Crippen molar-refractivity contribution in [1.29, 1.82) is 0 Å². The van der Waals surface area contributed by atoms with Gasteiger partial charge in [0, 0.05) is 28.1 Å². The van der Waals surface area contributed by atoms with Gasteiger partial charge in [0.2, 0.25) is 0 Å². The van der Waals surface area contributed by atoms with E-state index >= 15 is 0 Å². The smallest absolute Gasteiger partial charge is 0.142 e. The summed E-state index contributed by atoms with van der Waals surface area (Å²) in [6.45, 7) is 0.521. The van der Waals surface area contributed by atoms with Crippen LogP contribution in [0.2, 0.25) is 0 Å². The van der Waals surface area contributed by atoms with Crippen molar-refractivity contribution in [1.82, 2.24) is 4.98 Å². The molecule has 72 valence electrons. The highest BCUT2D eigenvalue weighted by molar-refractivity contribution is 7.15. The Morgan fingerprint density at radius 2 is 2.21 bits per heavy atom. The lowest BCUT2D eigenvalue weighted by Crippen LogP contribution is -1.91. The van der Waals surface area contributed by atoms with Crippen LogP contribution in [0.1, 0.15) is 4.88 Å². The third-order valence-corrected chi connectivity index (χ3v) is 3.01. The van der Waals surface area contributed by atoms with Gasteiger partial charge in [-0.15, -0.1) is 11.3 Å². The van der Waals surface area contributed by atoms with Crippen LogP contribution >= 0.6 is 11.3 Å². The van der Waals surface area contributed by atoms with Gasteiger partial charge in [-0.1, -0.05) is 0 Å². The van der Waals surface area contributed by atoms with Gasteiger partial charge in [0.25, 0.3) is 0 Å². The van der Waals surface area contributed by atoms with Crippen LogP contribution in [0, 0.1) is 5.82 Å². The largest absolute Gasteiger partial charge is 0.326 e. The highest BCUT2D eigenvalue weighted by atomic mass is 32.1. The summed E-state index contributed by atoms with van der Waals surface area (Å²) in [5.41, 5.74) is 6.29. The quantitative estimate of drug-likeness (QED) is 0.823. The minimum absolute atomic E-state index is 0.315. The standard InChI is InChI=1S/C10H9FN2S/c11-8-3-7(5-13-6-8)10-2-1-9(4-12)14-10/h1-3,5-6H,4,12H2. The Balaban J connectivity index is 2.39. The van der Waals surface area contributed by atoms with E-state index in [1.165, 1.54) is 12.3 Å². The summed E-state index contributed by atoms with van der Waals surface area (Å²) in [6, 6.07) is 5.35. The Morgan fingerprint density at radius 3 is 2.86 bits per heavy atom. The number of nitrogens with two attached hydrogens (primary N) is 1. The fourth-order valence-electron chi connectivity index (χ4n) is 1.19. The third kappa shape index (κ3) is 1.81. The van der Waals surface area contributed by atoms with E-state index in [9.17, 15) is 4.39 Å². The molecule has 4 heteroatoms. The normalized spacial score (nSPS) is 10.4. The average Bonchev–Trinajstić information content (AvgIpc) is 2.66. The SMILES string of the molecule is NCc1ccc(-c2cncc(F)c2)s1. The number of hydrogen-bond acceptors (Lipinski definition) is 3. The van der Waals surface area contributed by atoms with Crippen LogP contribution in [-0.2, 0) is 6.54 Å². The first-order chi connectivity index (χ1) is 6.79. The summed E-state index contributed by atoms with van der Waals surface area (Å²) in [7, 11) is 0. The van der Waals surface area contributed by atoms with Crippen LogP contribution in [0.5, 0.6) is 0 Å². The zero-order chi connectivity index (χ0) is 9.97. The van der Waals surface area contributed by atoms with E-state index < -0.39 is 0 Å². The summed E-state index contributed by atoms with van der Waals surface area (Å²) in [6.07, 6.45) is 2.84. The fourth-order valence-corrected chi connectivity index (χ4v) is 2.06. The van der Waals surface area contributed by atoms with Gasteiger partial charge in [-0.25, -0.2) is 4.39 Å². The molecule has 2 rings (SSSR count). The van der Waals surface area contributed by atoms with Gasteiger partial charge in [-0.2, -0.15) is 0 Å². The van der Waals surface area contributed by atoms with E-state index in [0.29, 0.717) is 6.54 Å². The monoisotopic (exact) mass is 208 g/mol. The van der Waals surface area contributed by atoms with Crippen molar-refractivity contribution >= 4 is 11.3 Å². The van der Waals surface area contributed by atoms with Crippen LogP contribution in [0.3, 0.4) is 0 Å². The Kier molecular flexibility index (Phi) is 2.56. The Bertz CT molecular complexity index is 439. The first kappa shape index (κ1) is 9.30. The van der Waals surface area contributed by atoms with Gasteiger partial charge in [-0.05, 0) is 18.2 Å². The molecule has 0 saturated heterocycles. The lowest BCUT2D eigenvalue weighted by Gasteiger charge is -1.95. The van der Waals surface area contributed by atoms with Crippen LogP contribution in [0.4, 0.5) is 4.39 Å². The maximum atomic E-state index is 12.9. The zero-order valence-electron chi connectivity index (χ0n) is 7.40. The summed E-state index contributed by atoms with van der Waals surface area (Å²) in [5, 5.41) is 0. The molecule has 0 radical (unpaired) electrons. The highest BCUT2D eigenvalue weighted by Crippen LogP contribution is 2.27. The molecule has 0 amide bonds. The molecular weight excluding hydrogens is 199 g/mol. The number of aromatic nitrogens is 1. The summed E-state index contributed by atoms with van der Waals surface area (Å²) in [4.78, 5) is 5.88. The second kappa shape index (κ2) is 3.86. The van der Waals surface area contributed by atoms with Crippen molar-refractivity contribution in [2.45, 2.75) is 6.54 Å². The van der Waals surface area contributed by atoms with E-state index in [1.807, 2.05) is 12.1 Å². The lowest BCUT2D eigenvalue weighted by atomic mass is 10.2. The molecule has 2 N–H and O–H groups in total. The number of rotatable bonds is 2. The van der Waals surface area contributed by atoms with Crippen LogP contribution < -0.4 is 5.73 Å². The summed E-state index contributed by atoms with van der Waals surface area (Å²) in [5.74, 6) is -0.315. The Labute approximate surface area is 85.2 Å². The number of halogens is 1. The minimum atomic E-state index is -0.315. The number of thiophene rings is 1. The number of hydrogen-bond donors (Lipinski definition) is 1. The molecular formula is C10H9FN2S. The molecule has 14 heavy (non-hydrogen) atoms. The number of nitrogens with zero attached hydrogens (tertiary/aromatic N) is 1. The first-order valence-corrected chi connectivity index (χ1v) is 5.01. The molecule has 0 aromatic carbocycles. The molecule has 0 unspecified atom stereocenters. The van der Waals surface area contributed by atoms with Crippen molar-refractivity contribution in [3.05, 3.63) is 41.3 Å². The predicted molar refractivity (Wildman–Crippen MR) is 55.4 cm³/mol. The van der Waals surface area contributed by atoms with Crippen molar-refractivity contribution in [2.75, 3.05) is 0 Å². The van der Waals surface area contributed by atoms with Crippen LogP contribution in [0.15, 0.2) is 30.6 Å². The van der Waals surface area contributed by atoms with Gasteiger partial charge in [0.05, 0.1) is 6.20 Å². The molecule has 2 aromatic heterocycles. The topological polar surface area (TPSA) is 38.9 Å². The van der Waals surface area contributed by atoms with Gasteiger partial charge in [0.15, 0.2) is 0 Å². The van der Waals surface area contributed by atoms with Gasteiger partial charge < -0.3 is 5.73 Å². The maximum Gasteiger partial charge on any atom is 0.142 e. The molecule has 0 aliphatic carbocycles. The molecule has 0 fully saturated rings. The molecule has 0 saturated carbocycles. The first-order valence-electron chi connectivity index (χ1n) is 4.19. The van der Waals surface area contributed by atoms with Crippen LogP contribution in [0.25, 0.3) is 10.4 Å². The van der Waals surface area contributed by atoms with Gasteiger partial charge in [-0.3, -0.25) is 4.98 Å². The van der Waals surface area contributed by atoms with E-state index in [4.69, 9.17) is 5.73 Å². The second-order valence-corrected chi connectivity index (χ2v) is 4.03. The van der Waals surface area contributed by atoms with E-state index in [0.717, 1.165) is 15.3 Å². The average molecular weight is 208 g/mol. The molecule has 0 spiro atoms. The van der Waals surface area contributed by atoms with Crippen molar-refractivity contribution < 1.29 is 4.39 Å². The van der Waals surface area contributed by atoms with Crippen LogP contribution in [-0.4, -0.2) is 4.98 Å². The molecule has 0 aliphatic heterocycles. The highest BCUT2D eigenvalue weighted by Gasteiger charge is 2.03.